The monoisotopic (exact) mass is 546 g/mol. The molecule has 0 unspecified atom stereocenters. The maximum absolute atomic E-state index is 13.7. The molecule has 3 aromatic rings. The molecule has 4 rings (SSSR count). The van der Waals surface area contributed by atoms with Crippen LogP contribution in [0.1, 0.15) is 23.8 Å². The second kappa shape index (κ2) is 10.1. The van der Waals surface area contributed by atoms with Crippen molar-refractivity contribution in [2.24, 2.45) is 0 Å². The number of carbonyl (C=O) groups is 1. The zero-order valence-electron chi connectivity index (χ0n) is 18.4. The van der Waals surface area contributed by atoms with E-state index < -0.39 is 33.2 Å². The van der Waals surface area contributed by atoms with Gasteiger partial charge >= 0.3 is 21.6 Å². The van der Waals surface area contributed by atoms with E-state index in [2.05, 4.69) is 15.6 Å². The Balaban J connectivity index is 1.35. The summed E-state index contributed by atoms with van der Waals surface area (Å²) >= 11 is 1.36. The number of urea groups is 1. The number of anilines is 2. The van der Waals surface area contributed by atoms with Crippen LogP contribution in [0, 0.1) is 11.6 Å². The topological polar surface area (TPSA) is 91.4 Å². The SMILES string of the molecule is O=C(Nc1ccc(-c2cnc(C3CCN(S(=O)(=O)C(F)(F)F)CC3)s2)cc1)Nc1ccc(F)cc1F. The van der Waals surface area contributed by atoms with Crippen molar-refractivity contribution in [3.8, 4) is 10.4 Å². The smallest absolute Gasteiger partial charge is 0.308 e. The summed E-state index contributed by atoms with van der Waals surface area (Å²) < 4.78 is 88.6. The standard InChI is InChI=1S/C22H19F5N4O3S2/c23-15-3-6-18(17(24)11-15)30-21(32)29-16-4-1-13(2-5-16)19-12-28-20(35-19)14-7-9-31(10-8-14)36(33,34)22(25,26)27/h1-6,11-12,14H,7-10H2,(H2,29,30,32). The van der Waals surface area contributed by atoms with Crippen LogP contribution in [0.15, 0.2) is 48.7 Å². The van der Waals surface area contributed by atoms with Gasteiger partial charge in [-0.2, -0.15) is 17.5 Å². The zero-order valence-corrected chi connectivity index (χ0v) is 20.0. The molecule has 0 radical (unpaired) electrons. The van der Waals surface area contributed by atoms with E-state index in [1.165, 1.54) is 11.3 Å². The molecule has 0 spiro atoms. The molecule has 0 bridgehead atoms. The summed E-state index contributed by atoms with van der Waals surface area (Å²) in [6, 6.07) is 8.76. The predicted molar refractivity (Wildman–Crippen MR) is 125 cm³/mol. The second-order valence-corrected chi connectivity index (χ2v) is 11.0. The quantitative estimate of drug-likeness (QED) is 0.398. The third kappa shape index (κ3) is 5.65. The number of amides is 2. The van der Waals surface area contributed by atoms with Crippen LogP contribution in [0.25, 0.3) is 10.4 Å². The van der Waals surface area contributed by atoms with Gasteiger partial charge in [0.05, 0.1) is 15.6 Å². The molecular formula is C22H19F5N4O3S2. The molecule has 1 aromatic heterocycles. The van der Waals surface area contributed by atoms with E-state index in [1.807, 2.05) is 0 Å². The van der Waals surface area contributed by atoms with E-state index >= 15 is 0 Å². The van der Waals surface area contributed by atoms with E-state index in [9.17, 15) is 35.2 Å². The first kappa shape index (κ1) is 26.0. The number of carbonyl (C=O) groups excluding carboxylic acids is 1. The Kier molecular flexibility index (Phi) is 7.29. The molecule has 192 valence electrons. The second-order valence-electron chi connectivity index (χ2n) is 7.97. The van der Waals surface area contributed by atoms with Gasteiger partial charge in [-0.3, -0.25) is 0 Å². The first-order chi connectivity index (χ1) is 16.9. The number of thiazole rings is 1. The summed E-state index contributed by atoms with van der Waals surface area (Å²) in [6.07, 6.45) is 2.09. The predicted octanol–water partition coefficient (Wildman–Crippen LogP) is 5.76. The van der Waals surface area contributed by atoms with Gasteiger partial charge in [-0.05, 0) is 42.7 Å². The van der Waals surface area contributed by atoms with Crippen LogP contribution in [-0.2, 0) is 10.0 Å². The highest BCUT2D eigenvalue weighted by atomic mass is 32.2. The third-order valence-corrected chi connectivity index (χ3v) is 8.40. The number of piperidine rings is 1. The summed E-state index contributed by atoms with van der Waals surface area (Å²) in [5.74, 6) is -1.82. The summed E-state index contributed by atoms with van der Waals surface area (Å²) in [5, 5.41) is 5.53. The highest BCUT2D eigenvalue weighted by Crippen LogP contribution is 2.37. The number of hydrogen-bond acceptors (Lipinski definition) is 5. The van der Waals surface area contributed by atoms with Gasteiger partial charge in [-0.25, -0.2) is 27.0 Å². The van der Waals surface area contributed by atoms with E-state index in [0.717, 1.165) is 22.6 Å². The van der Waals surface area contributed by atoms with Crippen molar-refractivity contribution in [3.05, 3.63) is 65.3 Å². The fourth-order valence-corrected chi connectivity index (χ4v) is 5.77. The Labute approximate surface area is 207 Å². The highest BCUT2D eigenvalue weighted by molar-refractivity contribution is 7.90. The molecule has 1 aliphatic rings. The normalized spacial score (nSPS) is 15.6. The van der Waals surface area contributed by atoms with E-state index in [0.29, 0.717) is 21.1 Å². The van der Waals surface area contributed by atoms with Gasteiger partial charge in [-0.1, -0.05) is 12.1 Å². The lowest BCUT2D eigenvalue weighted by atomic mass is 9.99. The highest BCUT2D eigenvalue weighted by Gasteiger charge is 2.50. The average Bonchev–Trinajstić information content (AvgIpc) is 3.31. The lowest BCUT2D eigenvalue weighted by Crippen LogP contribution is -2.44. The largest absolute Gasteiger partial charge is 0.511 e. The Bertz CT molecular complexity index is 1350. The molecule has 1 fully saturated rings. The number of halogens is 5. The molecule has 2 aromatic carbocycles. The third-order valence-electron chi connectivity index (χ3n) is 5.57. The summed E-state index contributed by atoms with van der Waals surface area (Å²) in [5.41, 5.74) is -4.29. The Morgan fingerprint density at radius 3 is 2.31 bits per heavy atom. The number of nitrogens with zero attached hydrogens (tertiary/aromatic N) is 2. The number of hydrogen-bond donors (Lipinski definition) is 2. The molecule has 2 N–H and O–H groups in total. The van der Waals surface area contributed by atoms with Crippen LogP contribution in [0.5, 0.6) is 0 Å². The molecule has 0 saturated carbocycles. The van der Waals surface area contributed by atoms with Crippen LogP contribution in [0.2, 0.25) is 0 Å². The average molecular weight is 547 g/mol. The summed E-state index contributed by atoms with van der Waals surface area (Å²) in [6.45, 7) is -0.461. The molecule has 0 atom stereocenters. The number of nitrogens with one attached hydrogen (secondary N) is 2. The van der Waals surface area contributed by atoms with Crippen molar-refractivity contribution in [3.63, 3.8) is 0 Å². The number of rotatable bonds is 5. The molecule has 1 aliphatic heterocycles. The van der Waals surface area contributed by atoms with Crippen LogP contribution in [0.3, 0.4) is 0 Å². The molecular weight excluding hydrogens is 527 g/mol. The first-order valence-corrected chi connectivity index (χ1v) is 12.9. The lowest BCUT2D eigenvalue weighted by molar-refractivity contribution is -0.0494. The van der Waals surface area contributed by atoms with Crippen molar-refractivity contribution >= 4 is 38.8 Å². The summed E-state index contributed by atoms with van der Waals surface area (Å²) in [7, 11) is -5.33. The number of aromatic nitrogens is 1. The maximum Gasteiger partial charge on any atom is 0.511 e. The Hall–Kier alpha value is -3.10. The number of alkyl halides is 3. The fourth-order valence-electron chi connectivity index (χ4n) is 3.69. The molecule has 0 aliphatic carbocycles. The number of sulfonamides is 1. The molecule has 2 heterocycles. The van der Waals surface area contributed by atoms with Gasteiger partial charge in [0.25, 0.3) is 0 Å². The Morgan fingerprint density at radius 2 is 1.69 bits per heavy atom. The van der Waals surface area contributed by atoms with Crippen molar-refractivity contribution < 1.29 is 35.2 Å². The van der Waals surface area contributed by atoms with Crippen LogP contribution in [0.4, 0.5) is 38.1 Å². The van der Waals surface area contributed by atoms with Crippen LogP contribution < -0.4 is 10.6 Å². The fraction of sp³-hybridized carbons (Fsp3) is 0.273. The summed E-state index contributed by atoms with van der Waals surface area (Å²) in [4.78, 5) is 17.3. The lowest BCUT2D eigenvalue weighted by Gasteiger charge is -2.30. The van der Waals surface area contributed by atoms with Crippen molar-refractivity contribution in [2.45, 2.75) is 24.3 Å². The van der Waals surface area contributed by atoms with Crippen LogP contribution in [-0.4, -0.2) is 42.3 Å². The van der Waals surface area contributed by atoms with Gasteiger partial charge in [-0.15, -0.1) is 11.3 Å². The Morgan fingerprint density at radius 1 is 1.03 bits per heavy atom. The first-order valence-electron chi connectivity index (χ1n) is 10.6. The van der Waals surface area contributed by atoms with Gasteiger partial charge in [0.2, 0.25) is 0 Å². The molecule has 36 heavy (non-hydrogen) atoms. The minimum absolute atomic E-state index is 0.153. The molecule has 7 nitrogen and oxygen atoms in total. The van der Waals surface area contributed by atoms with Gasteiger partial charge in [0, 0.05) is 37.0 Å². The molecule has 1 saturated heterocycles. The number of benzene rings is 2. The van der Waals surface area contributed by atoms with Crippen molar-refractivity contribution in [1.82, 2.24) is 9.29 Å². The van der Waals surface area contributed by atoms with Crippen molar-refractivity contribution in [2.75, 3.05) is 23.7 Å². The van der Waals surface area contributed by atoms with Crippen LogP contribution >= 0.6 is 11.3 Å². The zero-order chi connectivity index (χ0) is 26.1. The maximum atomic E-state index is 13.7. The van der Waals surface area contributed by atoms with E-state index in [1.54, 1.807) is 30.5 Å². The van der Waals surface area contributed by atoms with E-state index in [4.69, 9.17) is 0 Å². The van der Waals surface area contributed by atoms with Gasteiger partial charge in [0.15, 0.2) is 0 Å². The molecule has 2 amide bonds. The van der Waals surface area contributed by atoms with Gasteiger partial charge in [0.1, 0.15) is 11.6 Å². The van der Waals surface area contributed by atoms with E-state index in [-0.39, 0.29) is 37.5 Å². The minimum Gasteiger partial charge on any atom is -0.308 e. The molecule has 14 heteroatoms. The van der Waals surface area contributed by atoms with Gasteiger partial charge < -0.3 is 10.6 Å². The van der Waals surface area contributed by atoms with Crippen molar-refractivity contribution in [1.29, 1.82) is 0 Å². The minimum atomic E-state index is -5.33.